The van der Waals surface area contributed by atoms with Gasteiger partial charge in [0, 0.05) is 48.0 Å². The van der Waals surface area contributed by atoms with E-state index in [4.69, 9.17) is 16.3 Å². The van der Waals surface area contributed by atoms with E-state index in [9.17, 15) is 14.5 Å². The fourth-order valence-electron chi connectivity index (χ4n) is 2.79. The molecule has 0 aliphatic carbocycles. The van der Waals surface area contributed by atoms with Gasteiger partial charge in [-0.05, 0) is 48.0 Å². The van der Waals surface area contributed by atoms with Crippen molar-refractivity contribution in [3.63, 3.8) is 0 Å². The summed E-state index contributed by atoms with van der Waals surface area (Å²) in [6.07, 6.45) is 0. The maximum absolute atomic E-state index is 13.0. The molecule has 0 atom stereocenters. The fraction of sp³-hybridized carbons (Fsp3) is 0.182. The average Bonchev–Trinajstić information content (AvgIpc) is 2.74. The SMILES string of the molecule is Cl.O=[N+]([O-])c1ccc(NCCNCc2cc(Cl)ccc2OCc2ccc(F)cc2)cc1. The van der Waals surface area contributed by atoms with Crippen LogP contribution >= 0.6 is 24.0 Å². The highest BCUT2D eigenvalue weighted by Gasteiger charge is 2.06. The van der Waals surface area contributed by atoms with E-state index in [0.717, 1.165) is 16.8 Å². The van der Waals surface area contributed by atoms with Crippen LogP contribution in [0.1, 0.15) is 11.1 Å². The van der Waals surface area contributed by atoms with Crippen molar-refractivity contribution in [3.05, 3.63) is 98.8 Å². The van der Waals surface area contributed by atoms with Crippen molar-refractivity contribution in [2.75, 3.05) is 18.4 Å². The van der Waals surface area contributed by atoms with Gasteiger partial charge in [-0.3, -0.25) is 10.1 Å². The number of hydrogen-bond acceptors (Lipinski definition) is 5. The summed E-state index contributed by atoms with van der Waals surface area (Å²) >= 11 is 6.12. The molecule has 0 amide bonds. The molecule has 0 aliphatic rings. The van der Waals surface area contributed by atoms with Gasteiger partial charge in [-0.1, -0.05) is 23.7 Å². The quantitative estimate of drug-likeness (QED) is 0.232. The smallest absolute Gasteiger partial charge is 0.269 e. The first-order valence-electron chi connectivity index (χ1n) is 9.36. The molecule has 3 aromatic rings. The van der Waals surface area contributed by atoms with Crippen LogP contribution in [0, 0.1) is 15.9 Å². The second-order valence-electron chi connectivity index (χ2n) is 6.57. The zero-order chi connectivity index (χ0) is 21.3. The number of nitro groups is 1. The molecule has 0 heterocycles. The predicted molar refractivity (Wildman–Crippen MR) is 123 cm³/mol. The Hall–Kier alpha value is -2.87. The molecule has 3 rings (SSSR count). The Kier molecular flexibility index (Phi) is 9.52. The molecule has 0 saturated heterocycles. The van der Waals surface area contributed by atoms with Crippen molar-refractivity contribution in [1.82, 2.24) is 5.32 Å². The van der Waals surface area contributed by atoms with E-state index in [1.54, 1.807) is 30.3 Å². The van der Waals surface area contributed by atoms with Gasteiger partial charge in [-0.25, -0.2) is 4.39 Å². The average molecular weight is 466 g/mol. The van der Waals surface area contributed by atoms with Gasteiger partial charge in [0.15, 0.2) is 0 Å². The van der Waals surface area contributed by atoms with Gasteiger partial charge in [-0.2, -0.15) is 0 Å². The van der Waals surface area contributed by atoms with Crippen molar-refractivity contribution in [1.29, 1.82) is 0 Å². The summed E-state index contributed by atoms with van der Waals surface area (Å²) in [5.74, 6) is 0.428. The van der Waals surface area contributed by atoms with Crippen LogP contribution in [-0.4, -0.2) is 18.0 Å². The number of ether oxygens (including phenoxy) is 1. The highest BCUT2D eigenvalue weighted by Crippen LogP contribution is 2.24. The number of halogens is 3. The van der Waals surface area contributed by atoms with Gasteiger partial charge in [0.2, 0.25) is 0 Å². The zero-order valence-electron chi connectivity index (χ0n) is 16.5. The second kappa shape index (κ2) is 12.1. The lowest BCUT2D eigenvalue weighted by atomic mass is 10.2. The molecular formula is C22H22Cl2FN3O3. The monoisotopic (exact) mass is 465 g/mol. The van der Waals surface area contributed by atoms with Crippen LogP contribution in [0.4, 0.5) is 15.8 Å². The number of benzene rings is 3. The summed E-state index contributed by atoms with van der Waals surface area (Å²) < 4.78 is 18.9. The first-order valence-corrected chi connectivity index (χ1v) is 9.74. The van der Waals surface area contributed by atoms with Gasteiger partial charge >= 0.3 is 0 Å². The van der Waals surface area contributed by atoms with Crippen LogP contribution in [0.3, 0.4) is 0 Å². The molecule has 0 spiro atoms. The molecule has 0 aromatic heterocycles. The Morgan fingerprint density at radius 2 is 1.71 bits per heavy atom. The number of hydrogen-bond donors (Lipinski definition) is 2. The van der Waals surface area contributed by atoms with Crippen LogP contribution in [-0.2, 0) is 13.2 Å². The third-order valence-corrected chi connectivity index (χ3v) is 4.59. The van der Waals surface area contributed by atoms with Crippen LogP contribution in [0.2, 0.25) is 5.02 Å². The zero-order valence-corrected chi connectivity index (χ0v) is 18.1. The summed E-state index contributed by atoms with van der Waals surface area (Å²) in [4.78, 5) is 10.3. The lowest BCUT2D eigenvalue weighted by Gasteiger charge is -2.13. The topological polar surface area (TPSA) is 76.4 Å². The van der Waals surface area contributed by atoms with Crippen LogP contribution < -0.4 is 15.4 Å². The van der Waals surface area contributed by atoms with E-state index in [1.165, 1.54) is 24.3 Å². The Labute approximate surface area is 190 Å². The van der Waals surface area contributed by atoms with Gasteiger partial charge in [0.25, 0.3) is 5.69 Å². The molecule has 0 radical (unpaired) electrons. The molecule has 0 saturated carbocycles. The lowest BCUT2D eigenvalue weighted by Crippen LogP contribution is -2.22. The summed E-state index contributed by atoms with van der Waals surface area (Å²) in [5, 5.41) is 17.8. The van der Waals surface area contributed by atoms with Gasteiger partial charge in [-0.15, -0.1) is 12.4 Å². The first kappa shape index (κ1) is 24.4. The van der Waals surface area contributed by atoms with Crippen molar-refractivity contribution in [3.8, 4) is 5.75 Å². The number of nitrogens with one attached hydrogen (secondary N) is 2. The first-order chi connectivity index (χ1) is 14.5. The Bertz CT molecular complexity index is 986. The molecule has 9 heteroatoms. The van der Waals surface area contributed by atoms with Gasteiger partial charge in [0.1, 0.15) is 18.2 Å². The highest BCUT2D eigenvalue weighted by molar-refractivity contribution is 6.30. The molecule has 0 bridgehead atoms. The number of rotatable bonds is 10. The largest absolute Gasteiger partial charge is 0.489 e. The highest BCUT2D eigenvalue weighted by atomic mass is 35.5. The Balaban J connectivity index is 0.00000341. The normalized spacial score (nSPS) is 10.3. The summed E-state index contributed by atoms with van der Waals surface area (Å²) in [6.45, 7) is 2.20. The maximum atomic E-state index is 13.0. The second-order valence-corrected chi connectivity index (χ2v) is 7.01. The van der Waals surface area contributed by atoms with E-state index in [0.29, 0.717) is 37.0 Å². The van der Waals surface area contributed by atoms with E-state index in [2.05, 4.69) is 10.6 Å². The minimum atomic E-state index is -0.425. The number of nitrogens with zero attached hydrogens (tertiary/aromatic N) is 1. The molecule has 2 N–H and O–H groups in total. The van der Waals surface area contributed by atoms with Crippen molar-refractivity contribution < 1.29 is 14.1 Å². The Morgan fingerprint density at radius 1 is 1.00 bits per heavy atom. The molecule has 3 aromatic carbocycles. The molecule has 0 unspecified atom stereocenters. The summed E-state index contributed by atoms with van der Waals surface area (Å²) in [6, 6.07) is 17.9. The molecule has 6 nitrogen and oxygen atoms in total. The molecular weight excluding hydrogens is 444 g/mol. The summed E-state index contributed by atoms with van der Waals surface area (Å²) in [5.41, 5.74) is 2.67. The minimum Gasteiger partial charge on any atom is -0.489 e. The molecule has 0 aliphatic heterocycles. The molecule has 31 heavy (non-hydrogen) atoms. The van der Waals surface area contributed by atoms with Crippen LogP contribution in [0.5, 0.6) is 5.75 Å². The third-order valence-electron chi connectivity index (χ3n) is 4.35. The fourth-order valence-corrected chi connectivity index (χ4v) is 2.98. The van der Waals surface area contributed by atoms with E-state index < -0.39 is 4.92 Å². The Morgan fingerprint density at radius 3 is 2.39 bits per heavy atom. The van der Waals surface area contributed by atoms with E-state index in [1.807, 2.05) is 12.1 Å². The predicted octanol–water partition coefficient (Wildman–Crippen LogP) is 5.59. The number of anilines is 1. The van der Waals surface area contributed by atoms with Crippen LogP contribution in [0.15, 0.2) is 66.7 Å². The standard InChI is InChI=1S/C22H21ClFN3O3.ClH/c23-18-3-10-22(30-15-16-1-4-19(24)5-2-16)17(13-18)14-25-11-12-26-20-6-8-21(9-7-20)27(28)29;/h1-10,13,25-26H,11-12,14-15H2;1H. The summed E-state index contributed by atoms with van der Waals surface area (Å²) in [7, 11) is 0. The van der Waals surface area contributed by atoms with Crippen molar-refractivity contribution in [2.45, 2.75) is 13.2 Å². The van der Waals surface area contributed by atoms with E-state index in [-0.39, 0.29) is 23.9 Å². The van der Waals surface area contributed by atoms with Crippen molar-refractivity contribution >= 4 is 35.4 Å². The molecule has 0 fully saturated rings. The minimum absolute atomic E-state index is 0. The number of nitro benzene ring substituents is 1. The molecule has 164 valence electrons. The third kappa shape index (κ3) is 7.71. The maximum Gasteiger partial charge on any atom is 0.269 e. The van der Waals surface area contributed by atoms with Crippen LogP contribution in [0.25, 0.3) is 0 Å². The number of non-ortho nitro benzene ring substituents is 1. The lowest BCUT2D eigenvalue weighted by molar-refractivity contribution is -0.384. The van der Waals surface area contributed by atoms with Crippen molar-refractivity contribution in [2.24, 2.45) is 0 Å². The van der Waals surface area contributed by atoms with E-state index >= 15 is 0 Å². The van der Waals surface area contributed by atoms with Gasteiger partial charge < -0.3 is 15.4 Å². The van der Waals surface area contributed by atoms with Gasteiger partial charge in [0.05, 0.1) is 4.92 Å².